The summed E-state index contributed by atoms with van der Waals surface area (Å²) in [6, 6.07) is 10.1. The van der Waals surface area contributed by atoms with Crippen LogP contribution in [0.25, 0.3) is 16.7 Å². The summed E-state index contributed by atoms with van der Waals surface area (Å²) in [5.74, 6) is -1.76. The first-order chi connectivity index (χ1) is 13.1. The van der Waals surface area contributed by atoms with Gasteiger partial charge in [-0.2, -0.15) is 0 Å². The molecule has 0 amide bonds. The normalized spacial score (nSPS) is 10.5. The first-order valence-corrected chi connectivity index (χ1v) is 8.68. The Balaban J connectivity index is 2.79. The van der Waals surface area contributed by atoms with E-state index < -0.39 is 17.9 Å². The van der Waals surface area contributed by atoms with Crippen molar-refractivity contribution in [2.75, 3.05) is 0 Å². The molecule has 0 atom stereocenters. The maximum Gasteiger partial charge on any atom is 0.335 e. The third-order valence-electron chi connectivity index (χ3n) is 4.01. The molecule has 28 heavy (non-hydrogen) atoms. The summed E-state index contributed by atoms with van der Waals surface area (Å²) in [5, 5.41) is 9.33. The number of esters is 2. The summed E-state index contributed by atoms with van der Waals surface area (Å²) in [6.45, 7) is 9.96. The van der Waals surface area contributed by atoms with Gasteiger partial charge < -0.3 is 14.6 Å². The van der Waals surface area contributed by atoms with Crippen LogP contribution in [0.3, 0.4) is 0 Å². The highest BCUT2D eigenvalue weighted by molar-refractivity contribution is 6.16. The third-order valence-corrected chi connectivity index (χ3v) is 4.01. The zero-order valence-electron chi connectivity index (χ0n) is 16.2. The van der Waals surface area contributed by atoms with Crippen LogP contribution >= 0.6 is 0 Å². The number of hydrogen-bond donors (Lipinski definition) is 1. The second-order valence-electron chi connectivity index (χ2n) is 6.56. The first kappa shape index (κ1) is 20.9. The van der Waals surface area contributed by atoms with Gasteiger partial charge in [-0.1, -0.05) is 44.7 Å². The SMILES string of the molecule is C=C(C(=O)O)c1ccccc1-c1cc(OC(C)=O)c(C(C)C)c(OC(C)=O)c1. The number of hydrogen-bond acceptors (Lipinski definition) is 5. The van der Waals surface area contributed by atoms with Crippen LogP contribution in [0, 0.1) is 0 Å². The molecule has 0 saturated carbocycles. The summed E-state index contributed by atoms with van der Waals surface area (Å²) in [7, 11) is 0. The molecule has 0 aliphatic carbocycles. The van der Waals surface area contributed by atoms with E-state index in [1.165, 1.54) is 13.8 Å². The second kappa shape index (κ2) is 8.52. The van der Waals surface area contributed by atoms with Crippen molar-refractivity contribution in [2.24, 2.45) is 0 Å². The average Bonchev–Trinajstić information content (AvgIpc) is 2.59. The van der Waals surface area contributed by atoms with E-state index in [2.05, 4.69) is 6.58 Å². The summed E-state index contributed by atoms with van der Waals surface area (Å²) in [4.78, 5) is 34.6. The molecule has 0 bridgehead atoms. The Kier molecular flexibility index (Phi) is 6.36. The molecule has 0 aliphatic rings. The first-order valence-electron chi connectivity index (χ1n) is 8.68. The van der Waals surface area contributed by atoms with Crippen molar-refractivity contribution < 1.29 is 29.0 Å². The molecular weight excluding hydrogens is 360 g/mol. The molecule has 0 unspecified atom stereocenters. The molecule has 2 aromatic carbocycles. The maximum atomic E-state index is 11.6. The van der Waals surface area contributed by atoms with Crippen molar-refractivity contribution in [3.8, 4) is 22.6 Å². The molecule has 0 radical (unpaired) electrons. The monoisotopic (exact) mass is 382 g/mol. The fraction of sp³-hybridized carbons (Fsp3) is 0.227. The van der Waals surface area contributed by atoms with Gasteiger partial charge in [-0.15, -0.1) is 0 Å². The molecule has 0 fully saturated rings. The Labute approximate surface area is 163 Å². The van der Waals surface area contributed by atoms with Crippen molar-refractivity contribution >= 4 is 23.5 Å². The summed E-state index contributed by atoms with van der Waals surface area (Å²) in [5.41, 5.74) is 2.01. The van der Waals surface area contributed by atoms with Gasteiger partial charge in [0.25, 0.3) is 0 Å². The Morgan fingerprint density at radius 3 is 1.89 bits per heavy atom. The van der Waals surface area contributed by atoms with Crippen molar-refractivity contribution in [3.63, 3.8) is 0 Å². The average molecular weight is 382 g/mol. The van der Waals surface area contributed by atoms with Gasteiger partial charge in [0.2, 0.25) is 0 Å². The minimum absolute atomic E-state index is 0.0772. The lowest BCUT2D eigenvalue weighted by Gasteiger charge is -2.19. The van der Waals surface area contributed by atoms with Gasteiger partial charge in [0.15, 0.2) is 0 Å². The van der Waals surface area contributed by atoms with Crippen LogP contribution in [0.1, 0.15) is 44.7 Å². The fourth-order valence-corrected chi connectivity index (χ4v) is 2.92. The van der Waals surface area contributed by atoms with E-state index in [1.807, 2.05) is 13.8 Å². The molecule has 1 N–H and O–H groups in total. The molecule has 0 saturated heterocycles. The summed E-state index contributed by atoms with van der Waals surface area (Å²) in [6.07, 6.45) is 0. The number of benzene rings is 2. The Bertz CT molecular complexity index is 918. The smallest absolute Gasteiger partial charge is 0.335 e. The van der Waals surface area contributed by atoms with Crippen molar-refractivity contribution in [1.82, 2.24) is 0 Å². The zero-order chi connectivity index (χ0) is 21.0. The van der Waals surface area contributed by atoms with Crippen molar-refractivity contribution in [3.05, 3.63) is 54.1 Å². The van der Waals surface area contributed by atoms with E-state index in [4.69, 9.17) is 9.47 Å². The quantitative estimate of drug-likeness (QED) is 0.452. The minimum atomic E-state index is -1.15. The van der Waals surface area contributed by atoms with Gasteiger partial charge in [-0.05, 0) is 34.7 Å². The lowest BCUT2D eigenvalue weighted by atomic mass is 9.92. The molecule has 0 aromatic heterocycles. The number of ether oxygens (including phenoxy) is 2. The minimum Gasteiger partial charge on any atom is -0.478 e. The molecular formula is C22H22O6. The molecule has 6 heteroatoms. The highest BCUT2D eigenvalue weighted by Gasteiger charge is 2.21. The molecule has 6 nitrogen and oxygen atoms in total. The maximum absolute atomic E-state index is 11.6. The topological polar surface area (TPSA) is 89.9 Å². The van der Waals surface area contributed by atoms with E-state index in [0.717, 1.165) is 0 Å². The number of carbonyl (C=O) groups is 3. The fourth-order valence-electron chi connectivity index (χ4n) is 2.92. The molecule has 146 valence electrons. The second-order valence-corrected chi connectivity index (χ2v) is 6.56. The number of aliphatic carboxylic acids is 1. The molecule has 0 aliphatic heterocycles. The van der Waals surface area contributed by atoms with Crippen LogP contribution < -0.4 is 9.47 Å². The Morgan fingerprint density at radius 2 is 1.46 bits per heavy atom. The number of rotatable bonds is 6. The van der Waals surface area contributed by atoms with Gasteiger partial charge in [-0.3, -0.25) is 9.59 Å². The molecule has 2 rings (SSSR count). The summed E-state index contributed by atoms with van der Waals surface area (Å²) < 4.78 is 10.7. The predicted molar refractivity (Wildman–Crippen MR) is 105 cm³/mol. The van der Waals surface area contributed by atoms with Crippen molar-refractivity contribution in [1.29, 1.82) is 0 Å². The van der Waals surface area contributed by atoms with E-state index >= 15 is 0 Å². The number of carbonyl (C=O) groups excluding carboxylic acids is 2. The van der Waals surface area contributed by atoms with E-state index in [0.29, 0.717) is 22.3 Å². The summed E-state index contributed by atoms with van der Waals surface area (Å²) >= 11 is 0. The Morgan fingerprint density at radius 1 is 0.964 bits per heavy atom. The number of carboxylic acids is 1. The van der Waals surface area contributed by atoms with Crippen LogP contribution in [0.15, 0.2) is 43.0 Å². The van der Waals surface area contributed by atoms with Gasteiger partial charge >= 0.3 is 17.9 Å². The highest BCUT2D eigenvalue weighted by atomic mass is 16.5. The van der Waals surface area contributed by atoms with E-state index in [1.54, 1.807) is 36.4 Å². The Hall–Kier alpha value is -3.41. The van der Waals surface area contributed by atoms with Gasteiger partial charge in [0.1, 0.15) is 11.5 Å². The van der Waals surface area contributed by atoms with Crippen LogP contribution in [-0.2, 0) is 14.4 Å². The van der Waals surface area contributed by atoms with Gasteiger partial charge in [0.05, 0.1) is 5.57 Å². The zero-order valence-corrected chi connectivity index (χ0v) is 16.2. The number of carboxylic acid groups (broad SMARTS) is 1. The van der Waals surface area contributed by atoms with E-state index in [-0.39, 0.29) is 23.0 Å². The van der Waals surface area contributed by atoms with Gasteiger partial charge in [-0.25, -0.2) is 4.79 Å². The van der Waals surface area contributed by atoms with Crippen molar-refractivity contribution in [2.45, 2.75) is 33.6 Å². The van der Waals surface area contributed by atoms with Crippen LogP contribution in [0.5, 0.6) is 11.5 Å². The third kappa shape index (κ3) is 4.65. The molecule has 0 spiro atoms. The standard InChI is InChI=1S/C22H22O6/c1-12(2)21-19(27-14(4)23)10-16(11-20(21)28-15(5)24)18-9-7-6-8-17(18)13(3)22(25)26/h6-12H,3H2,1-2,4-5H3,(H,25,26). The highest BCUT2D eigenvalue weighted by Crippen LogP contribution is 2.41. The van der Waals surface area contributed by atoms with Gasteiger partial charge in [0, 0.05) is 19.4 Å². The lowest BCUT2D eigenvalue weighted by Crippen LogP contribution is -2.10. The predicted octanol–water partition coefficient (Wildman–Crippen LogP) is 4.43. The van der Waals surface area contributed by atoms with Crippen LogP contribution in [0.4, 0.5) is 0 Å². The lowest BCUT2D eigenvalue weighted by molar-refractivity contribution is -0.132. The van der Waals surface area contributed by atoms with E-state index in [9.17, 15) is 19.5 Å². The molecule has 2 aromatic rings. The largest absolute Gasteiger partial charge is 0.478 e. The molecule has 0 heterocycles. The van der Waals surface area contributed by atoms with Crippen LogP contribution in [-0.4, -0.2) is 23.0 Å². The van der Waals surface area contributed by atoms with Crippen LogP contribution in [0.2, 0.25) is 0 Å².